The first-order valence-corrected chi connectivity index (χ1v) is 8.42. The predicted molar refractivity (Wildman–Crippen MR) is 81.6 cm³/mol. The Kier molecular flexibility index (Phi) is 4.43. The summed E-state index contributed by atoms with van der Waals surface area (Å²) in [6, 6.07) is 0. The number of allylic oxidation sites excluding steroid dienone is 8. The molecule has 0 heterocycles. The van der Waals surface area contributed by atoms with E-state index in [0.717, 1.165) is 0 Å². The number of fused-ring (bicyclic) bond motifs is 1. The normalized spacial score (nSPS) is 30.2. The maximum atomic E-state index is 3.77. The molecular weight excluding hydrogens is 323 g/mol. The molecule has 0 saturated heterocycles. The molecule has 1 fully saturated rings. The van der Waals surface area contributed by atoms with Crippen molar-refractivity contribution in [1.82, 2.24) is 0 Å². The summed E-state index contributed by atoms with van der Waals surface area (Å²) in [7, 11) is 1.21. The van der Waals surface area contributed by atoms with Gasteiger partial charge in [-0.1, -0.05) is 37.3 Å². The Morgan fingerprint density at radius 3 is 2.32 bits per heavy atom. The van der Waals surface area contributed by atoms with Crippen molar-refractivity contribution in [3.63, 3.8) is 0 Å². The summed E-state index contributed by atoms with van der Waals surface area (Å²) in [6.07, 6.45) is 7.70. The summed E-state index contributed by atoms with van der Waals surface area (Å²) in [5.74, 6) is 0.630. The zero-order valence-corrected chi connectivity index (χ0v) is 17.2. The molecule has 0 bridgehead atoms. The van der Waals surface area contributed by atoms with Crippen LogP contribution in [0.4, 0.5) is 0 Å². The van der Waals surface area contributed by atoms with Crippen LogP contribution in [0, 0.1) is 12.0 Å². The average molecular weight is 347 g/mol. The number of rotatable bonds is 1. The fraction of sp³-hybridized carbons (Fsp3) is 0.529. The molecule has 0 aromatic carbocycles. The quantitative estimate of drug-likeness (QED) is 0.502. The molecule has 0 aromatic rings. The van der Waals surface area contributed by atoms with Gasteiger partial charge >= 0.3 is 0 Å². The van der Waals surface area contributed by atoms with E-state index in [2.05, 4.69) is 33.8 Å². The molecule has 0 aliphatic heterocycles. The number of hydrogen-bond acceptors (Lipinski definition) is 0. The summed E-state index contributed by atoms with van der Waals surface area (Å²) in [6.45, 7) is 9.32. The second-order valence-electron chi connectivity index (χ2n) is 6.16. The van der Waals surface area contributed by atoms with Gasteiger partial charge in [0.05, 0.1) is 0 Å². The zero-order valence-electron chi connectivity index (χ0n) is 12.8. The Morgan fingerprint density at radius 1 is 1.05 bits per heavy atom. The molecule has 2 atom stereocenters. The monoisotopic (exact) mass is 345 g/mol. The van der Waals surface area contributed by atoms with Gasteiger partial charge in [0.25, 0.3) is 0 Å². The van der Waals surface area contributed by atoms with E-state index in [4.69, 9.17) is 0 Å². The molecule has 0 amide bonds. The van der Waals surface area contributed by atoms with E-state index in [-0.39, 0.29) is 26.2 Å². The van der Waals surface area contributed by atoms with Crippen LogP contribution in [0.3, 0.4) is 0 Å². The van der Waals surface area contributed by atoms with E-state index in [1.807, 2.05) is 0 Å². The van der Waals surface area contributed by atoms with Crippen molar-refractivity contribution in [2.24, 2.45) is 5.92 Å². The summed E-state index contributed by atoms with van der Waals surface area (Å²) in [4.78, 5) is 0. The average Bonchev–Trinajstić information content (AvgIpc) is 2.93. The Morgan fingerprint density at radius 2 is 1.74 bits per heavy atom. The topological polar surface area (TPSA) is 0 Å². The van der Waals surface area contributed by atoms with Gasteiger partial charge in [0.15, 0.2) is 0 Å². The van der Waals surface area contributed by atoms with Crippen molar-refractivity contribution in [2.75, 3.05) is 0 Å². The second-order valence-corrected chi connectivity index (χ2v) is 7.31. The summed E-state index contributed by atoms with van der Waals surface area (Å²) >= 11 is 0. The van der Waals surface area contributed by atoms with Gasteiger partial charge in [0, 0.05) is 32.1 Å². The minimum atomic E-state index is 0. The van der Waals surface area contributed by atoms with Gasteiger partial charge in [-0.15, -0.1) is 11.1 Å². The largest absolute Gasteiger partial charge is 0.269 e. The Labute approximate surface area is 139 Å². The van der Waals surface area contributed by atoms with E-state index in [1.165, 1.54) is 35.1 Å². The summed E-state index contributed by atoms with van der Waals surface area (Å²) < 4.78 is 0. The molecule has 2 unspecified atom stereocenters. The third-order valence-electron chi connectivity index (χ3n) is 5.30. The molecule has 2 heteroatoms. The summed E-state index contributed by atoms with van der Waals surface area (Å²) in [5, 5.41) is 0. The molecule has 3 rings (SSSR count). The third-order valence-corrected chi connectivity index (χ3v) is 6.16. The maximum Gasteiger partial charge on any atom is 0.00128 e. The van der Waals surface area contributed by atoms with Gasteiger partial charge in [0.2, 0.25) is 0 Å². The minimum Gasteiger partial charge on any atom is -0.269 e. The van der Waals surface area contributed by atoms with Crippen LogP contribution < -0.4 is 0 Å². The van der Waals surface area contributed by atoms with E-state index < -0.39 is 0 Å². The fourth-order valence-electron chi connectivity index (χ4n) is 3.99. The van der Waals surface area contributed by atoms with Crippen LogP contribution in [0.1, 0.15) is 47.0 Å². The van der Waals surface area contributed by atoms with Crippen LogP contribution in [0.15, 0.2) is 39.0 Å². The molecule has 19 heavy (non-hydrogen) atoms. The molecule has 3 aliphatic carbocycles. The van der Waals surface area contributed by atoms with Gasteiger partial charge in [-0.2, -0.15) is 5.57 Å². The van der Waals surface area contributed by atoms with E-state index in [1.54, 1.807) is 33.4 Å². The van der Waals surface area contributed by atoms with Crippen molar-refractivity contribution in [3.8, 4) is 0 Å². The molecule has 1 saturated carbocycles. The first kappa shape index (κ1) is 15.4. The van der Waals surface area contributed by atoms with Crippen molar-refractivity contribution >= 4 is 10.2 Å². The van der Waals surface area contributed by atoms with Crippen LogP contribution in [-0.4, -0.2) is 10.2 Å². The minimum absolute atomic E-state index is 0. The van der Waals surface area contributed by atoms with Gasteiger partial charge in [-0.3, -0.25) is 6.08 Å². The molecule has 0 N–H and O–H groups in total. The molecule has 100 valence electrons. The SMILES string of the molecule is CC1=C(C)C(C)C(C2=C3CCCC3=[C-]C2[SiH3])=C1C.[Zr]. The Hall–Kier alpha value is 0.0600. The maximum absolute atomic E-state index is 3.77. The van der Waals surface area contributed by atoms with Crippen molar-refractivity contribution in [1.29, 1.82) is 0 Å². The standard InChI is InChI=1S/C17H23Si.Zr/c1-9-10(2)12(4)16(11(9)3)17-14-7-5-6-13(14)8-15(17)18;/h11,15H,5-7H2,1-4,18H3;/q-1;. The predicted octanol–water partition coefficient (Wildman–Crippen LogP) is 3.66. The Balaban J connectivity index is 0.00000133. The van der Waals surface area contributed by atoms with E-state index in [9.17, 15) is 0 Å². The molecule has 0 aromatic heterocycles. The zero-order chi connectivity index (χ0) is 13.0. The summed E-state index contributed by atoms with van der Waals surface area (Å²) in [5.41, 5.74) is 11.9. The van der Waals surface area contributed by atoms with Crippen LogP contribution in [0.2, 0.25) is 5.54 Å². The van der Waals surface area contributed by atoms with Crippen molar-refractivity contribution in [3.05, 3.63) is 45.1 Å². The molecular formula is C17H23SiZr-. The molecule has 0 nitrogen and oxygen atoms in total. The van der Waals surface area contributed by atoms with Crippen LogP contribution in [0.5, 0.6) is 0 Å². The van der Waals surface area contributed by atoms with Crippen LogP contribution in [0.25, 0.3) is 0 Å². The van der Waals surface area contributed by atoms with Gasteiger partial charge in [-0.25, -0.2) is 5.57 Å². The first-order valence-electron chi connectivity index (χ1n) is 7.27. The molecule has 0 radical (unpaired) electrons. The fourth-order valence-corrected chi connectivity index (χ4v) is 5.00. The molecule has 3 aliphatic rings. The van der Waals surface area contributed by atoms with Crippen molar-refractivity contribution in [2.45, 2.75) is 52.5 Å². The van der Waals surface area contributed by atoms with Gasteiger partial charge in [0.1, 0.15) is 0 Å². The number of hydrogen-bond donors (Lipinski definition) is 0. The van der Waals surface area contributed by atoms with Gasteiger partial charge < -0.3 is 0 Å². The smallest absolute Gasteiger partial charge is 0.00128 e. The molecule has 0 spiro atoms. The van der Waals surface area contributed by atoms with Crippen molar-refractivity contribution < 1.29 is 26.2 Å². The van der Waals surface area contributed by atoms with E-state index >= 15 is 0 Å². The third kappa shape index (κ3) is 2.20. The van der Waals surface area contributed by atoms with Gasteiger partial charge in [-0.05, 0) is 42.2 Å². The Bertz CT molecular complexity index is 546. The van der Waals surface area contributed by atoms with Crippen LogP contribution in [-0.2, 0) is 26.2 Å². The second kappa shape index (κ2) is 5.45. The first-order chi connectivity index (χ1) is 8.52. The van der Waals surface area contributed by atoms with E-state index in [0.29, 0.717) is 11.5 Å². The van der Waals surface area contributed by atoms with Crippen LogP contribution >= 0.6 is 0 Å².